The van der Waals surface area contributed by atoms with Gasteiger partial charge >= 0.3 is 11.9 Å². The molecule has 0 aliphatic carbocycles. The number of phenols is 1. The van der Waals surface area contributed by atoms with Gasteiger partial charge in [-0.1, -0.05) is 36.4 Å². The minimum Gasteiger partial charge on any atom is -0.872 e. The second-order valence-electron chi connectivity index (χ2n) is 8.26. The third-order valence-corrected chi connectivity index (χ3v) is 5.12. The van der Waals surface area contributed by atoms with Gasteiger partial charge in [0.2, 0.25) is 0 Å². The zero-order valence-corrected chi connectivity index (χ0v) is 20.6. The van der Waals surface area contributed by atoms with E-state index >= 15 is 0 Å². The van der Waals surface area contributed by atoms with Crippen molar-refractivity contribution in [3.05, 3.63) is 96.1 Å². The van der Waals surface area contributed by atoms with Crippen LogP contribution in [0.4, 0.5) is 11.4 Å². The smallest absolute Gasteiger partial charge is 0.335 e. The highest BCUT2D eigenvalue weighted by Crippen LogP contribution is 2.29. The molecule has 0 bridgehead atoms. The average molecular weight is 491 g/mol. The number of nitrogens with zero attached hydrogens (tertiary/aromatic N) is 1. The van der Waals surface area contributed by atoms with Crippen LogP contribution < -0.4 is 14.9 Å². The van der Waals surface area contributed by atoms with E-state index in [2.05, 4.69) is 69.5 Å². The first-order valence-electron chi connectivity index (χ1n) is 11.0. The Bertz CT molecular complexity index is 1200. The van der Waals surface area contributed by atoms with Crippen LogP contribution in [-0.4, -0.2) is 55.4 Å². The van der Waals surface area contributed by atoms with Gasteiger partial charge in [-0.25, -0.2) is 9.59 Å². The van der Waals surface area contributed by atoms with Crippen molar-refractivity contribution in [1.82, 2.24) is 0 Å². The number of carboxylic acid groups (broad SMARTS) is 2. The van der Waals surface area contributed by atoms with E-state index in [-0.39, 0.29) is 22.6 Å². The molecule has 0 radical (unpaired) electrons. The highest BCUT2D eigenvalue weighted by molar-refractivity contribution is 6.00. The summed E-state index contributed by atoms with van der Waals surface area (Å²) in [6.45, 7) is 0. The third kappa shape index (κ3) is 7.75. The lowest BCUT2D eigenvalue weighted by atomic mass is 10.1. The lowest BCUT2D eigenvalue weighted by molar-refractivity contribution is -0.785. The van der Waals surface area contributed by atoms with Gasteiger partial charge in [-0.3, -0.25) is 0 Å². The van der Waals surface area contributed by atoms with Crippen LogP contribution in [0.25, 0.3) is 10.8 Å². The molecule has 0 atom stereocenters. The topological polar surface area (TPSA) is 126 Å². The number of aromatic carboxylic acids is 2. The Balaban J connectivity index is 0.000000200. The molecule has 0 fully saturated rings. The summed E-state index contributed by atoms with van der Waals surface area (Å²) in [5.41, 5.74) is 2.95. The third-order valence-electron chi connectivity index (χ3n) is 5.12. The van der Waals surface area contributed by atoms with Crippen LogP contribution in [-0.2, 0) is 0 Å². The standard InChI is InChI=1S/C14H18N2.2C7H6O3/c1-15(2)12-9-5-7-11-8-6-10-13(14(11)12)16(3)4;2*8-6-3-1-5(2-4-6)7(9)10/h5-10H,1-4H3;2*1-4,8H,(H,9,10). The summed E-state index contributed by atoms with van der Waals surface area (Å²) in [6.07, 6.45) is 0. The van der Waals surface area contributed by atoms with Gasteiger partial charge in [-0.15, -0.1) is 5.75 Å². The fraction of sp³-hybridized carbons (Fsp3) is 0.143. The first-order chi connectivity index (χ1) is 17.0. The minimum atomic E-state index is -1.01. The number of fused-ring (bicyclic) bond motifs is 1. The number of quaternary nitrogens is 1. The molecule has 0 heterocycles. The number of hydrogen-bond donors (Lipinski definition) is 4. The summed E-state index contributed by atoms with van der Waals surface area (Å²) < 4.78 is 0. The van der Waals surface area contributed by atoms with Crippen LogP contribution in [0.5, 0.6) is 11.5 Å². The second kappa shape index (κ2) is 12.8. The Morgan fingerprint density at radius 3 is 1.67 bits per heavy atom. The van der Waals surface area contributed by atoms with Crippen LogP contribution in [0.1, 0.15) is 20.7 Å². The van der Waals surface area contributed by atoms with Crippen molar-refractivity contribution in [2.75, 3.05) is 33.1 Å². The maximum Gasteiger partial charge on any atom is 0.335 e. The van der Waals surface area contributed by atoms with E-state index in [9.17, 15) is 14.7 Å². The monoisotopic (exact) mass is 490 g/mol. The van der Waals surface area contributed by atoms with Crippen molar-refractivity contribution < 1.29 is 34.9 Å². The Labute approximate surface area is 209 Å². The number of rotatable bonds is 4. The highest BCUT2D eigenvalue weighted by Gasteiger charge is 2.11. The number of carboxylic acids is 2. The number of phenolic OH excluding ortho intramolecular Hbond substituents is 1. The minimum absolute atomic E-state index is 0.0741. The van der Waals surface area contributed by atoms with E-state index in [1.54, 1.807) is 0 Å². The van der Waals surface area contributed by atoms with E-state index < -0.39 is 11.9 Å². The first-order valence-corrected chi connectivity index (χ1v) is 11.0. The van der Waals surface area contributed by atoms with Crippen molar-refractivity contribution in [3.63, 3.8) is 0 Å². The number of nitrogens with one attached hydrogen (secondary N) is 1. The normalized spacial score (nSPS) is 10.0. The van der Waals surface area contributed by atoms with Gasteiger partial charge in [0.1, 0.15) is 11.4 Å². The summed E-state index contributed by atoms with van der Waals surface area (Å²) in [7, 11) is 8.52. The Kier molecular flexibility index (Phi) is 9.83. The second-order valence-corrected chi connectivity index (χ2v) is 8.26. The molecular formula is C28H30N2O6. The van der Waals surface area contributed by atoms with E-state index in [0.717, 1.165) is 0 Å². The lowest BCUT2D eigenvalue weighted by Crippen LogP contribution is -3.00. The maximum atomic E-state index is 10.5. The predicted molar refractivity (Wildman–Crippen MR) is 139 cm³/mol. The van der Waals surface area contributed by atoms with Crippen molar-refractivity contribution in [2.45, 2.75) is 0 Å². The van der Waals surface area contributed by atoms with Crippen molar-refractivity contribution in [3.8, 4) is 11.5 Å². The summed E-state index contributed by atoms with van der Waals surface area (Å²) >= 11 is 0. The number of anilines is 1. The van der Waals surface area contributed by atoms with Gasteiger partial charge in [-0.05, 0) is 53.9 Å². The first kappa shape index (κ1) is 27.7. The number of carbonyl (C=O) groups is 2. The molecule has 8 nitrogen and oxygen atoms in total. The largest absolute Gasteiger partial charge is 0.872 e. The molecule has 0 aliphatic heterocycles. The molecule has 4 aromatic rings. The molecule has 0 amide bonds. The Hall–Kier alpha value is -4.56. The zero-order valence-electron chi connectivity index (χ0n) is 20.6. The van der Waals surface area contributed by atoms with Gasteiger partial charge in [0.25, 0.3) is 0 Å². The molecule has 4 N–H and O–H groups in total. The lowest BCUT2D eigenvalue weighted by Gasteiger charge is -2.18. The molecule has 36 heavy (non-hydrogen) atoms. The number of hydrogen-bond acceptors (Lipinski definition) is 5. The molecule has 4 aromatic carbocycles. The summed E-state index contributed by atoms with van der Waals surface area (Å²) in [4.78, 5) is 24.0. The van der Waals surface area contributed by atoms with Crippen LogP contribution >= 0.6 is 0 Å². The van der Waals surface area contributed by atoms with E-state index in [4.69, 9.17) is 15.3 Å². The number of aromatic hydroxyl groups is 1. The quantitative estimate of drug-likeness (QED) is 0.346. The summed E-state index contributed by atoms with van der Waals surface area (Å²) in [6, 6.07) is 23.4. The Morgan fingerprint density at radius 2 is 1.22 bits per heavy atom. The molecule has 8 heteroatoms. The van der Waals surface area contributed by atoms with Gasteiger partial charge in [0, 0.05) is 14.1 Å². The molecule has 0 aliphatic rings. The molecule has 0 saturated carbocycles. The molecular weight excluding hydrogens is 460 g/mol. The zero-order chi connectivity index (χ0) is 26.8. The fourth-order valence-electron chi connectivity index (χ4n) is 3.31. The molecule has 0 spiro atoms. The summed E-state index contributed by atoms with van der Waals surface area (Å²) in [5, 5.41) is 38.6. The average Bonchev–Trinajstić information content (AvgIpc) is 2.84. The Morgan fingerprint density at radius 1 is 0.750 bits per heavy atom. The fourth-order valence-corrected chi connectivity index (χ4v) is 3.31. The van der Waals surface area contributed by atoms with Gasteiger partial charge < -0.3 is 30.2 Å². The van der Waals surface area contributed by atoms with E-state index in [1.807, 2.05) is 0 Å². The molecule has 0 saturated heterocycles. The van der Waals surface area contributed by atoms with Crippen LogP contribution in [0.3, 0.4) is 0 Å². The SMILES string of the molecule is CN(C)c1cccc2cccc([NH+](C)C)c12.O=C(O)c1ccc(O)cc1.O=C(O)c1ccc([O-])cc1. The number of benzene rings is 4. The highest BCUT2D eigenvalue weighted by atomic mass is 16.4. The molecule has 0 unspecified atom stereocenters. The van der Waals surface area contributed by atoms with Crippen molar-refractivity contribution in [1.29, 1.82) is 0 Å². The van der Waals surface area contributed by atoms with Crippen molar-refractivity contribution >= 4 is 34.1 Å². The maximum absolute atomic E-state index is 10.5. The van der Waals surface area contributed by atoms with Crippen LogP contribution in [0.2, 0.25) is 0 Å². The van der Waals surface area contributed by atoms with Crippen LogP contribution in [0.15, 0.2) is 84.9 Å². The molecule has 0 aromatic heterocycles. The molecule has 188 valence electrons. The van der Waals surface area contributed by atoms with E-state index in [0.29, 0.717) is 0 Å². The summed E-state index contributed by atoms with van der Waals surface area (Å²) in [5.74, 6) is -2.10. The predicted octanol–water partition coefficient (Wildman–Crippen LogP) is 3.23. The van der Waals surface area contributed by atoms with E-state index in [1.165, 1.54) is 75.6 Å². The van der Waals surface area contributed by atoms with Crippen molar-refractivity contribution in [2.24, 2.45) is 0 Å². The van der Waals surface area contributed by atoms with Crippen LogP contribution in [0, 0.1) is 0 Å². The van der Waals surface area contributed by atoms with Gasteiger partial charge in [-0.2, -0.15) is 0 Å². The van der Waals surface area contributed by atoms with Gasteiger partial charge in [0.05, 0.1) is 36.3 Å². The molecule has 4 rings (SSSR count). The van der Waals surface area contributed by atoms with Gasteiger partial charge in [0.15, 0.2) is 0 Å².